The summed E-state index contributed by atoms with van der Waals surface area (Å²) < 4.78 is 0. The number of aliphatic hydroxyl groups excluding tert-OH is 1. The quantitative estimate of drug-likeness (QED) is 0.726. The van der Waals surface area contributed by atoms with E-state index >= 15 is 0 Å². The summed E-state index contributed by atoms with van der Waals surface area (Å²) in [4.78, 5) is 19.5. The van der Waals surface area contributed by atoms with Gasteiger partial charge in [0.05, 0.1) is 11.1 Å². The highest BCUT2D eigenvalue weighted by Gasteiger charge is 2.50. The van der Waals surface area contributed by atoms with Gasteiger partial charge in [0, 0.05) is 24.7 Å². The second kappa shape index (κ2) is 7.91. The Morgan fingerprint density at radius 1 is 0.926 bits per heavy atom. The van der Waals surface area contributed by atoms with E-state index in [1.54, 1.807) is 17.3 Å². The average Bonchev–Trinajstić information content (AvgIpc) is 2.92. The predicted octanol–water partition coefficient (Wildman–Crippen LogP) is 4.04. The number of pyridine rings is 1. The van der Waals surface area contributed by atoms with Crippen molar-refractivity contribution in [3.05, 3.63) is 90.3 Å². The molecule has 4 rings (SSSR count). The molecule has 0 saturated carbocycles. The Morgan fingerprint density at radius 3 is 2.30 bits per heavy atom. The number of benzene rings is 2. The zero-order valence-corrected chi connectivity index (χ0v) is 15.6. The van der Waals surface area contributed by atoms with Gasteiger partial charge in [0.1, 0.15) is 0 Å². The zero-order valence-electron chi connectivity index (χ0n) is 14.8. The Kier molecular flexibility index (Phi) is 5.59. The molecule has 27 heavy (non-hydrogen) atoms. The first-order valence-corrected chi connectivity index (χ1v) is 8.75. The Morgan fingerprint density at radius 2 is 1.59 bits per heavy atom. The number of anilines is 2. The maximum atomic E-state index is 13.7. The highest BCUT2D eigenvalue weighted by molar-refractivity contribution is 6.13. The number of fused-ring (bicyclic) bond motifs is 1. The van der Waals surface area contributed by atoms with Crippen molar-refractivity contribution in [3.8, 4) is 0 Å². The van der Waals surface area contributed by atoms with Crippen LogP contribution in [-0.2, 0) is 16.6 Å². The minimum Gasteiger partial charge on any atom is -0.396 e. The van der Waals surface area contributed by atoms with Gasteiger partial charge in [-0.1, -0.05) is 36.4 Å². The van der Waals surface area contributed by atoms with Crippen LogP contribution in [0.2, 0.25) is 0 Å². The van der Waals surface area contributed by atoms with E-state index in [9.17, 15) is 9.90 Å². The normalized spacial score (nSPS) is 18.1. The summed E-state index contributed by atoms with van der Waals surface area (Å²) in [5.74, 6) is 0.00997. The molecule has 1 unspecified atom stereocenters. The molecule has 0 radical (unpaired) electrons. The Hall–Kier alpha value is -2.69. The monoisotopic (exact) mass is 380 g/mol. The number of para-hydroxylation sites is 2. The van der Waals surface area contributed by atoms with E-state index < -0.39 is 5.41 Å². The van der Waals surface area contributed by atoms with E-state index in [0.29, 0.717) is 12.8 Å². The Balaban J connectivity index is 0.00000210. The summed E-state index contributed by atoms with van der Waals surface area (Å²) in [6.07, 6.45) is 4.40. The van der Waals surface area contributed by atoms with Crippen LogP contribution in [0.3, 0.4) is 0 Å². The fourth-order valence-corrected chi connectivity index (χ4v) is 3.89. The summed E-state index contributed by atoms with van der Waals surface area (Å²) in [6.45, 7) is -0.0478. The third-order valence-electron chi connectivity index (χ3n) is 5.08. The van der Waals surface area contributed by atoms with Gasteiger partial charge in [-0.3, -0.25) is 14.7 Å². The number of aliphatic hydroxyl groups is 1. The molecule has 1 aliphatic rings. The van der Waals surface area contributed by atoms with E-state index in [4.69, 9.17) is 0 Å². The van der Waals surface area contributed by atoms with Crippen LogP contribution in [0.1, 0.15) is 17.5 Å². The predicted molar refractivity (Wildman–Crippen MR) is 109 cm³/mol. The lowest BCUT2D eigenvalue weighted by Gasteiger charge is -2.28. The molecule has 1 N–H and O–H groups in total. The minimum atomic E-state index is -0.775. The minimum absolute atomic E-state index is 0. The van der Waals surface area contributed by atoms with Gasteiger partial charge >= 0.3 is 0 Å². The van der Waals surface area contributed by atoms with Crippen LogP contribution in [-0.4, -0.2) is 22.6 Å². The van der Waals surface area contributed by atoms with Crippen LogP contribution in [0.4, 0.5) is 11.4 Å². The number of rotatable bonds is 5. The Labute approximate surface area is 164 Å². The number of carbonyl (C=O) groups excluding carboxylic acids is 1. The van der Waals surface area contributed by atoms with E-state index in [2.05, 4.69) is 4.98 Å². The number of hydrogen-bond acceptors (Lipinski definition) is 3. The second-order valence-electron chi connectivity index (χ2n) is 6.58. The van der Waals surface area contributed by atoms with Gasteiger partial charge in [-0.2, -0.15) is 0 Å². The molecule has 1 aliphatic heterocycles. The van der Waals surface area contributed by atoms with Crippen molar-refractivity contribution in [2.75, 3.05) is 11.5 Å². The van der Waals surface area contributed by atoms with Crippen molar-refractivity contribution in [2.45, 2.75) is 18.3 Å². The maximum absolute atomic E-state index is 13.7. The molecule has 1 atom stereocenters. The first-order valence-electron chi connectivity index (χ1n) is 8.75. The lowest BCUT2D eigenvalue weighted by Crippen LogP contribution is -2.41. The molecule has 1 aromatic heterocycles. The molecule has 0 fully saturated rings. The van der Waals surface area contributed by atoms with Gasteiger partial charge in [-0.15, -0.1) is 12.4 Å². The number of halogens is 1. The number of aromatic nitrogens is 1. The summed E-state index contributed by atoms with van der Waals surface area (Å²) in [5.41, 5.74) is 2.97. The van der Waals surface area contributed by atoms with Crippen molar-refractivity contribution in [1.29, 1.82) is 0 Å². The van der Waals surface area contributed by atoms with E-state index in [1.807, 2.05) is 66.7 Å². The van der Waals surface area contributed by atoms with Gasteiger partial charge in [0.2, 0.25) is 5.91 Å². The van der Waals surface area contributed by atoms with Gasteiger partial charge in [0.15, 0.2) is 0 Å². The van der Waals surface area contributed by atoms with Crippen LogP contribution in [0.15, 0.2) is 79.1 Å². The standard InChI is InChI=1S/C22H20N2O2.ClH/c25-15-12-22(16-17-10-13-23-14-11-17)19-8-4-5-9-20(19)24(21(22)26)18-6-2-1-3-7-18;/h1-11,13-14,25H,12,15-16H2;1H. The van der Waals surface area contributed by atoms with Crippen LogP contribution in [0.25, 0.3) is 0 Å². The summed E-state index contributed by atoms with van der Waals surface area (Å²) in [6, 6.07) is 21.4. The van der Waals surface area contributed by atoms with Gasteiger partial charge < -0.3 is 5.11 Å². The molecular weight excluding hydrogens is 360 g/mol. The highest BCUT2D eigenvalue weighted by atomic mass is 35.5. The molecule has 0 aliphatic carbocycles. The Bertz CT molecular complexity index is 918. The molecule has 3 aromatic rings. The molecule has 0 bridgehead atoms. The van der Waals surface area contributed by atoms with Gasteiger partial charge in [-0.25, -0.2) is 0 Å². The first kappa shape index (κ1) is 19.1. The zero-order chi connectivity index (χ0) is 18.0. The van der Waals surface area contributed by atoms with E-state index in [0.717, 1.165) is 22.5 Å². The van der Waals surface area contributed by atoms with Crippen LogP contribution < -0.4 is 4.90 Å². The van der Waals surface area contributed by atoms with Crippen LogP contribution in [0, 0.1) is 0 Å². The molecule has 0 saturated heterocycles. The smallest absolute Gasteiger partial charge is 0.242 e. The lowest BCUT2D eigenvalue weighted by molar-refractivity contribution is -0.123. The third kappa shape index (κ3) is 3.22. The van der Waals surface area contributed by atoms with Gasteiger partial charge in [0.25, 0.3) is 0 Å². The average molecular weight is 381 g/mol. The van der Waals surface area contributed by atoms with Crippen molar-refractivity contribution < 1.29 is 9.90 Å². The number of hydrogen-bond donors (Lipinski definition) is 1. The molecule has 2 aromatic carbocycles. The fourth-order valence-electron chi connectivity index (χ4n) is 3.89. The molecule has 138 valence electrons. The van der Waals surface area contributed by atoms with Crippen LogP contribution >= 0.6 is 12.4 Å². The highest BCUT2D eigenvalue weighted by Crippen LogP contribution is 2.48. The molecule has 2 heterocycles. The number of nitrogens with zero attached hydrogens (tertiary/aromatic N) is 2. The van der Waals surface area contributed by atoms with E-state index in [-0.39, 0.29) is 24.9 Å². The van der Waals surface area contributed by atoms with Crippen molar-refractivity contribution in [2.24, 2.45) is 0 Å². The second-order valence-corrected chi connectivity index (χ2v) is 6.58. The van der Waals surface area contributed by atoms with Crippen molar-refractivity contribution in [1.82, 2.24) is 4.98 Å². The first-order chi connectivity index (χ1) is 12.8. The molecular formula is C22H21ClN2O2. The largest absolute Gasteiger partial charge is 0.396 e. The third-order valence-corrected chi connectivity index (χ3v) is 5.08. The molecule has 5 heteroatoms. The molecule has 4 nitrogen and oxygen atoms in total. The molecule has 0 spiro atoms. The van der Waals surface area contributed by atoms with Gasteiger partial charge in [-0.05, 0) is 54.3 Å². The number of amides is 1. The lowest BCUT2D eigenvalue weighted by atomic mass is 9.74. The summed E-state index contributed by atoms with van der Waals surface area (Å²) in [5, 5.41) is 9.79. The fraction of sp³-hybridized carbons (Fsp3) is 0.182. The van der Waals surface area contributed by atoms with E-state index in [1.165, 1.54) is 0 Å². The summed E-state index contributed by atoms with van der Waals surface area (Å²) in [7, 11) is 0. The van der Waals surface area contributed by atoms with Crippen molar-refractivity contribution >= 4 is 29.7 Å². The number of carbonyl (C=O) groups is 1. The van der Waals surface area contributed by atoms with Crippen LogP contribution in [0.5, 0.6) is 0 Å². The molecule has 1 amide bonds. The SMILES string of the molecule is Cl.O=C1N(c2ccccc2)c2ccccc2C1(CCO)Cc1ccncc1. The maximum Gasteiger partial charge on any atom is 0.242 e. The topological polar surface area (TPSA) is 53.4 Å². The van der Waals surface area contributed by atoms with Crippen molar-refractivity contribution in [3.63, 3.8) is 0 Å². The summed E-state index contributed by atoms with van der Waals surface area (Å²) >= 11 is 0.